The normalized spacial score (nSPS) is 19.0. The molecule has 2 heterocycles. The molecule has 31 heavy (non-hydrogen) atoms. The Bertz CT molecular complexity index is 1240. The van der Waals surface area contributed by atoms with Crippen LogP contribution in [0.25, 0.3) is 21.7 Å². The summed E-state index contributed by atoms with van der Waals surface area (Å²) in [7, 11) is 3.23. The van der Waals surface area contributed by atoms with Crippen LogP contribution < -0.4 is 14.4 Å². The quantitative estimate of drug-likeness (QED) is 0.540. The third kappa shape index (κ3) is 3.53. The van der Waals surface area contributed by atoms with Gasteiger partial charge in [-0.2, -0.15) is 0 Å². The number of nitrogens with zero attached hydrogens (tertiary/aromatic N) is 3. The number of fused-ring (bicyclic) bond motifs is 2. The minimum absolute atomic E-state index is 0.194. The van der Waals surface area contributed by atoms with Crippen LogP contribution in [0.1, 0.15) is 17.9 Å². The van der Waals surface area contributed by atoms with Crippen molar-refractivity contribution < 1.29 is 14.6 Å². The van der Waals surface area contributed by atoms with Crippen molar-refractivity contribution in [3.05, 3.63) is 66.5 Å². The monoisotopic (exact) mass is 415 g/mol. The Kier molecular flexibility index (Phi) is 5.08. The van der Waals surface area contributed by atoms with Crippen molar-refractivity contribution in [2.75, 3.05) is 32.2 Å². The number of piperidine rings is 1. The number of β-amino-alcohol motifs (C(OH)–C–C–N with tert-alkyl or cyclic N) is 1. The molecule has 1 aromatic heterocycles. The lowest BCUT2D eigenvalue weighted by molar-refractivity contribution is 0.144. The lowest BCUT2D eigenvalue weighted by Crippen LogP contribution is -2.42. The maximum Gasteiger partial charge on any atom is 0.162 e. The fourth-order valence-corrected chi connectivity index (χ4v) is 4.70. The van der Waals surface area contributed by atoms with E-state index in [9.17, 15) is 5.11 Å². The van der Waals surface area contributed by atoms with E-state index in [1.807, 2.05) is 12.1 Å². The Balaban J connectivity index is 1.57. The molecule has 6 heteroatoms. The van der Waals surface area contributed by atoms with Crippen LogP contribution in [0, 0.1) is 0 Å². The van der Waals surface area contributed by atoms with Crippen molar-refractivity contribution in [3.63, 3.8) is 0 Å². The Morgan fingerprint density at radius 3 is 2.52 bits per heavy atom. The fourth-order valence-electron chi connectivity index (χ4n) is 4.70. The zero-order valence-electron chi connectivity index (χ0n) is 17.7. The molecular weight excluding hydrogens is 390 g/mol. The van der Waals surface area contributed by atoms with Crippen LogP contribution in [0.3, 0.4) is 0 Å². The predicted octanol–water partition coefficient (Wildman–Crippen LogP) is 4.16. The number of anilines is 1. The molecule has 0 spiro atoms. The number of methoxy groups -OCH3 is 2. The molecule has 0 bridgehead atoms. The zero-order valence-corrected chi connectivity index (χ0v) is 17.7. The summed E-state index contributed by atoms with van der Waals surface area (Å²) in [5, 5.41) is 14.1. The molecule has 3 aromatic carbocycles. The van der Waals surface area contributed by atoms with Crippen LogP contribution in [0.15, 0.2) is 60.9 Å². The molecule has 0 amide bonds. The molecule has 0 saturated carbocycles. The molecule has 1 aliphatic rings. The van der Waals surface area contributed by atoms with Gasteiger partial charge in [-0.05, 0) is 28.8 Å². The molecule has 5 rings (SSSR count). The van der Waals surface area contributed by atoms with Crippen LogP contribution in [0.4, 0.5) is 5.82 Å². The topological polar surface area (TPSA) is 67.7 Å². The molecule has 0 unspecified atom stereocenters. The second kappa shape index (κ2) is 8.04. The maximum atomic E-state index is 10.8. The van der Waals surface area contributed by atoms with Crippen molar-refractivity contribution in [2.24, 2.45) is 0 Å². The SMILES string of the molecule is COc1cc2ncnc(N3C[C@@H](O)C[C@@H](c4cccc5ccccc45)C3)c2cc1OC. The molecule has 1 aliphatic heterocycles. The Labute approximate surface area is 181 Å². The first-order valence-corrected chi connectivity index (χ1v) is 10.5. The van der Waals surface area contributed by atoms with E-state index in [2.05, 4.69) is 57.3 Å². The first kappa shape index (κ1) is 19.6. The van der Waals surface area contributed by atoms with Gasteiger partial charge in [0.05, 0.1) is 25.8 Å². The minimum Gasteiger partial charge on any atom is -0.493 e. The third-order valence-corrected chi connectivity index (χ3v) is 6.11. The van der Waals surface area contributed by atoms with Gasteiger partial charge >= 0.3 is 0 Å². The van der Waals surface area contributed by atoms with Gasteiger partial charge in [0.2, 0.25) is 0 Å². The van der Waals surface area contributed by atoms with Crippen molar-refractivity contribution in [1.82, 2.24) is 9.97 Å². The van der Waals surface area contributed by atoms with E-state index in [1.165, 1.54) is 16.3 Å². The van der Waals surface area contributed by atoms with Gasteiger partial charge in [0.25, 0.3) is 0 Å². The van der Waals surface area contributed by atoms with Gasteiger partial charge in [-0.1, -0.05) is 42.5 Å². The third-order valence-electron chi connectivity index (χ3n) is 6.11. The van der Waals surface area contributed by atoms with Crippen molar-refractivity contribution in [3.8, 4) is 11.5 Å². The van der Waals surface area contributed by atoms with E-state index in [-0.39, 0.29) is 5.92 Å². The number of rotatable bonds is 4. The van der Waals surface area contributed by atoms with Gasteiger partial charge in [-0.15, -0.1) is 0 Å². The van der Waals surface area contributed by atoms with E-state index in [1.54, 1.807) is 20.5 Å². The number of aromatic nitrogens is 2. The van der Waals surface area contributed by atoms with Gasteiger partial charge in [0, 0.05) is 30.5 Å². The highest BCUT2D eigenvalue weighted by molar-refractivity contribution is 5.92. The number of aliphatic hydroxyl groups excluding tert-OH is 1. The molecule has 6 nitrogen and oxygen atoms in total. The smallest absolute Gasteiger partial charge is 0.162 e. The molecule has 158 valence electrons. The van der Waals surface area contributed by atoms with Crippen LogP contribution in [-0.2, 0) is 0 Å². The maximum absolute atomic E-state index is 10.8. The van der Waals surface area contributed by atoms with E-state index in [4.69, 9.17) is 9.47 Å². The van der Waals surface area contributed by atoms with Crippen LogP contribution >= 0.6 is 0 Å². The average Bonchev–Trinajstić information content (AvgIpc) is 2.81. The molecule has 1 saturated heterocycles. The van der Waals surface area contributed by atoms with Crippen molar-refractivity contribution >= 4 is 27.5 Å². The summed E-state index contributed by atoms with van der Waals surface area (Å²) in [6, 6.07) is 18.6. The lowest BCUT2D eigenvalue weighted by atomic mass is 9.86. The second-order valence-corrected chi connectivity index (χ2v) is 7.98. The number of hydrogen-bond donors (Lipinski definition) is 1. The number of ether oxygens (including phenoxy) is 2. The predicted molar refractivity (Wildman–Crippen MR) is 122 cm³/mol. The van der Waals surface area contributed by atoms with Gasteiger partial charge in [-0.25, -0.2) is 9.97 Å². The van der Waals surface area contributed by atoms with Crippen molar-refractivity contribution in [1.29, 1.82) is 0 Å². The van der Waals surface area contributed by atoms with Crippen LogP contribution in [-0.4, -0.2) is 48.5 Å². The standard InChI is InChI=1S/C25H25N3O3/c1-30-23-11-21-22(12-24(23)31-2)26-15-27-25(21)28-13-17(10-18(29)14-28)20-9-5-7-16-6-3-4-8-19(16)20/h3-9,11-12,15,17-18,29H,10,13-14H2,1-2H3/t17-,18+/m1/s1. The second-order valence-electron chi connectivity index (χ2n) is 7.98. The summed E-state index contributed by atoms with van der Waals surface area (Å²) in [5.74, 6) is 2.26. The van der Waals surface area contributed by atoms with Gasteiger partial charge in [-0.3, -0.25) is 0 Å². The first-order chi connectivity index (χ1) is 15.2. The Morgan fingerprint density at radius 2 is 1.68 bits per heavy atom. The highest BCUT2D eigenvalue weighted by Gasteiger charge is 2.30. The van der Waals surface area contributed by atoms with Crippen LogP contribution in [0.5, 0.6) is 11.5 Å². The highest BCUT2D eigenvalue weighted by atomic mass is 16.5. The summed E-state index contributed by atoms with van der Waals surface area (Å²) >= 11 is 0. The molecule has 0 aliphatic carbocycles. The van der Waals surface area contributed by atoms with E-state index in [0.717, 1.165) is 29.7 Å². The molecule has 2 atom stereocenters. The zero-order chi connectivity index (χ0) is 21.4. The Hall–Kier alpha value is -3.38. The van der Waals surface area contributed by atoms with E-state index < -0.39 is 6.10 Å². The molecular formula is C25H25N3O3. The number of aliphatic hydroxyl groups is 1. The summed E-state index contributed by atoms with van der Waals surface area (Å²) in [6.07, 6.45) is 1.85. The number of benzene rings is 3. The summed E-state index contributed by atoms with van der Waals surface area (Å²) < 4.78 is 10.9. The Morgan fingerprint density at radius 1 is 0.903 bits per heavy atom. The van der Waals surface area contributed by atoms with Crippen molar-refractivity contribution in [2.45, 2.75) is 18.4 Å². The van der Waals surface area contributed by atoms with E-state index >= 15 is 0 Å². The summed E-state index contributed by atoms with van der Waals surface area (Å²) in [4.78, 5) is 11.2. The first-order valence-electron chi connectivity index (χ1n) is 10.5. The lowest BCUT2D eigenvalue weighted by Gasteiger charge is -2.37. The molecule has 4 aromatic rings. The molecule has 1 N–H and O–H groups in total. The van der Waals surface area contributed by atoms with Gasteiger partial charge in [0.15, 0.2) is 11.5 Å². The molecule has 0 radical (unpaired) electrons. The largest absolute Gasteiger partial charge is 0.493 e. The summed E-state index contributed by atoms with van der Waals surface area (Å²) in [5.41, 5.74) is 2.05. The summed E-state index contributed by atoms with van der Waals surface area (Å²) in [6.45, 7) is 1.30. The fraction of sp³-hybridized carbons (Fsp3) is 0.280. The minimum atomic E-state index is -0.442. The number of hydrogen-bond acceptors (Lipinski definition) is 6. The van der Waals surface area contributed by atoms with Crippen LogP contribution in [0.2, 0.25) is 0 Å². The average molecular weight is 415 g/mol. The molecule has 1 fully saturated rings. The highest BCUT2D eigenvalue weighted by Crippen LogP contribution is 2.38. The van der Waals surface area contributed by atoms with E-state index in [0.29, 0.717) is 18.0 Å². The van der Waals surface area contributed by atoms with Gasteiger partial charge < -0.3 is 19.5 Å². The van der Waals surface area contributed by atoms with Gasteiger partial charge in [0.1, 0.15) is 12.1 Å².